The normalized spacial score (nSPS) is 11.9. The minimum atomic E-state index is 0.212. The fourth-order valence-corrected chi connectivity index (χ4v) is 2.27. The summed E-state index contributed by atoms with van der Waals surface area (Å²) >= 11 is 1.52. The Morgan fingerprint density at radius 3 is 2.89 bits per heavy atom. The van der Waals surface area contributed by atoms with E-state index in [1.54, 1.807) is 5.51 Å². The Kier molecular flexibility index (Phi) is 4.08. The molecule has 5 nitrogen and oxygen atoms in total. The smallest absolute Gasteiger partial charge is 0.227 e. The zero-order chi connectivity index (χ0) is 13.0. The van der Waals surface area contributed by atoms with Crippen LogP contribution in [0.4, 0.5) is 0 Å². The molecule has 2 aromatic heterocycles. The third-order valence-electron chi connectivity index (χ3n) is 2.97. The predicted octanol–water partition coefficient (Wildman–Crippen LogP) is 2.50. The Morgan fingerprint density at radius 2 is 2.22 bits per heavy atom. The van der Waals surface area contributed by atoms with E-state index in [0.717, 1.165) is 25.0 Å². The maximum absolute atomic E-state index is 5.59. The predicted molar refractivity (Wildman–Crippen MR) is 71.2 cm³/mol. The van der Waals surface area contributed by atoms with Gasteiger partial charge in [-0.25, -0.2) is 4.98 Å². The standard InChI is InChI=1S/C12H18N4OS/c1-12(2,5-6-13)4-3-10-15-11(16-17-10)9-7-18-8-14-9/h7-8H,3-6,13H2,1-2H3. The molecule has 98 valence electrons. The van der Waals surface area contributed by atoms with Crippen molar-refractivity contribution in [2.24, 2.45) is 11.1 Å². The van der Waals surface area contributed by atoms with Crippen molar-refractivity contribution in [1.82, 2.24) is 15.1 Å². The highest BCUT2D eigenvalue weighted by atomic mass is 32.1. The molecule has 2 N–H and O–H groups in total. The molecule has 0 unspecified atom stereocenters. The molecule has 0 radical (unpaired) electrons. The van der Waals surface area contributed by atoms with Crippen molar-refractivity contribution in [2.75, 3.05) is 6.54 Å². The van der Waals surface area contributed by atoms with Crippen molar-refractivity contribution in [3.63, 3.8) is 0 Å². The average molecular weight is 266 g/mol. The summed E-state index contributed by atoms with van der Waals surface area (Å²) in [5.74, 6) is 1.24. The summed E-state index contributed by atoms with van der Waals surface area (Å²) in [5.41, 5.74) is 8.34. The molecule has 0 atom stereocenters. The highest BCUT2D eigenvalue weighted by Crippen LogP contribution is 2.26. The van der Waals surface area contributed by atoms with Crippen LogP contribution in [0.2, 0.25) is 0 Å². The Labute approximate surface area is 110 Å². The number of hydrogen-bond acceptors (Lipinski definition) is 6. The second-order valence-electron chi connectivity index (χ2n) is 5.09. The van der Waals surface area contributed by atoms with Gasteiger partial charge < -0.3 is 10.3 Å². The summed E-state index contributed by atoms with van der Waals surface area (Å²) in [7, 11) is 0. The lowest BCUT2D eigenvalue weighted by molar-refractivity contribution is 0.289. The molecule has 0 saturated heterocycles. The maximum Gasteiger partial charge on any atom is 0.227 e. The molecule has 0 saturated carbocycles. The van der Waals surface area contributed by atoms with E-state index in [1.165, 1.54) is 11.3 Å². The van der Waals surface area contributed by atoms with Crippen molar-refractivity contribution in [2.45, 2.75) is 33.1 Å². The van der Waals surface area contributed by atoms with Crippen LogP contribution in [0, 0.1) is 5.41 Å². The Bertz CT molecular complexity index is 478. The number of nitrogens with two attached hydrogens (primary N) is 1. The van der Waals surface area contributed by atoms with Gasteiger partial charge in [0.05, 0.1) is 5.51 Å². The first-order valence-corrected chi connectivity index (χ1v) is 6.96. The van der Waals surface area contributed by atoms with Crippen LogP contribution in [0.25, 0.3) is 11.5 Å². The molecule has 2 aromatic rings. The van der Waals surface area contributed by atoms with Gasteiger partial charge in [0.2, 0.25) is 11.7 Å². The van der Waals surface area contributed by atoms with Crippen molar-refractivity contribution in [3.8, 4) is 11.5 Å². The second-order valence-corrected chi connectivity index (χ2v) is 5.81. The monoisotopic (exact) mass is 266 g/mol. The lowest BCUT2D eigenvalue weighted by atomic mass is 9.84. The van der Waals surface area contributed by atoms with E-state index in [-0.39, 0.29) is 5.41 Å². The Balaban J connectivity index is 1.95. The molecule has 0 bridgehead atoms. The van der Waals surface area contributed by atoms with Gasteiger partial charge in [0.25, 0.3) is 0 Å². The summed E-state index contributed by atoms with van der Waals surface area (Å²) in [6, 6.07) is 0. The lowest BCUT2D eigenvalue weighted by Gasteiger charge is -2.22. The first-order valence-electron chi connectivity index (χ1n) is 6.02. The van der Waals surface area contributed by atoms with E-state index in [9.17, 15) is 0 Å². The molecule has 0 aliphatic heterocycles. The quantitative estimate of drug-likeness (QED) is 0.869. The van der Waals surface area contributed by atoms with E-state index in [4.69, 9.17) is 10.3 Å². The van der Waals surface area contributed by atoms with Gasteiger partial charge in [-0.2, -0.15) is 4.98 Å². The SMILES string of the molecule is CC(C)(CCN)CCc1nc(-c2cscn2)no1. The second kappa shape index (κ2) is 5.58. The zero-order valence-corrected chi connectivity index (χ0v) is 11.5. The lowest BCUT2D eigenvalue weighted by Crippen LogP contribution is -2.17. The molecule has 0 amide bonds. The summed E-state index contributed by atoms with van der Waals surface area (Å²) in [6.45, 7) is 5.12. The van der Waals surface area contributed by atoms with Crippen LogP contribution in [0.5, 0.6) is 0 Å². The first-order chi connectivity index (χ1) is 8.61. The summed E-state index contributed by atoms with van der Waals surface area (Å²) < 4.78 is 5.23. The van der Waals surface area contributed by atoms with Crippen LogP contribution in [0.3, 0.4) is 0 Å². The van der Waals surface area contributed by atoms with E-state index in [2.05, 4.69) is 29.0 Å². The minimum Gasteiger partial charge on any atom is -0.339 e. The molecule has 0 fully saturated rings. The van der Waals surface area contributed by atoms with Gasteiger partial charge in [-0.1, -0.05) is 19.0 Å². The van der Waals surface area contributed by atoms with E-state index in [1.807, 2.05) is 5.38 Å². The molecule has 0 aliphatic carbocycles. The summed E-state index contributed by atoms with van der Waals surface area (Å²) in [5, 5.41) is 5.85. The molecular formula is C12H18N4OS. The van der Waals surface area contributed by atoms with Crippen LogP contribution in [0.1, 0.15) is 32.6 Å². The van der Waals surface area contributed by atoms with Gasteiger partial charge in [0, 0.05) is 11.8 Å². The van der Waals surface area contributed by atoms with E-state index >= 15 is 0 Å². The molecule has 0 spiro atoms. The van der Waals surface area contributed by atoms with Gasteiger partial charge in [-0.05, 0) is 24.8 Å². The highest BCUT2D eigenvalue weighted by Gasteiger charge is 2.19. The number of aromatic nitrogens is 3. The topological polar surface area (TPSA) is 77.8 Å². The van der Waals surface area contributed by atoms with Crippen molar-refractivity contribution >= 4 is 11.3 Å². The Hall–Kier alpha value is -1.27. The molecule has 2 heterocycles. The number of hydrogen-bond donors (Lipinski definition) is 1. The first kappa shape index (κ1) is 13.2. The largest absolute Gasteiger partial charge is 0.339 e. The molecule has 18 heavy (non-hydrogen) atoms. The Morgan fingerprint density at radius 1 is 1.39 bits per heavy atom. The van der Waals surface area contributed by atoms with Crippen molar-refractivity contribution in [3.05, 3.63) is 16.8 Å². The molecule has 0 aromatic carbocycles. The van der Waals surface area contributed by atoms with Crippen LogP contribution in [0.15, 0.2) is 15.4 Å². The van der Waals surface area contributed by atoms with Crippen molar-refractivity contribution in [1.29, 1.82) is 0 Å². The number of rotatable bonds is 6. The van der Waals surface area contributed by atoms with Gasteiger partial charge in [0.15, 0.2) is 0 Å². The molecule has 0 aliphatic rings. The van der Waals surface area contributed by atoms with Gasteiger partial charge in [-0.3, -0.25) is 0 Å². The van der Waals surface area contributed by atoms with Gasteiger partial charge in [-0.15, -0.1) is 11.3 Å². The molecule has 2 rings (SSSR count). The van der Waals surface area contributed by atoms with E-state index in [0.29, 0.717) is 18.3 Å². The number of thiazole rings is 1. The van der Waals surface area contributed by atoms with Crippen LogP contribution in [-0.2, 0) is 6.42 Å². The third-order valence-corrected chi connectivity index (χ3v) is 3.55. The summed E-state index contributed by atoms with van der Waals surface area (Å²) in [4.78, 5) is 8.51. The maximum atomic E-state index is 5.59. The average Bonchev–Trinajstić information content (AvgIpc) is 2.97. The van der Waals surface area contributed by atoms with Gasteiger partial charge in [0.1, 0.15) is 5.69 Å². The number of aryl methyl sites for hydroxylation is 1. The zero-order valence-electron chi connectivity index (χ0n) is 10.7. The van der Waals surface area contributed by atoms with Crippen molar-refractivity contribution < 1.29 is 4.52 Å². The number of nitrogens with zero attached hydrogens (tertiary/aromatic N) is 3. The van der Waals surface area contributed by atoms with Crippen LogP contribution >= 0.6 is 11.3 Å². The third kappa shape index (κ3) is 3.36. The highest BCUT2D eigenvalue weighted by molar-refractivity contribution is 7.07. The van der Waals surface area contributed by atoms with Gasteiger partial charge >= 0.3 is 0 Å². The van der Waals surface area contributed by atoms with E-state index < -0.39 is 0 Å². The molecular weight excluding hydrogens is 248 g/mol. The van der Waals surface area contributed by atoms with Crippen LogP contribution in [-0.4, -0.2) is 21.7 Å². The molecule has 6 heteroatoms. The van der Waals surface area contributed by atoms with Crippen LogP contribution < -0.4 is 5.73 Å². The summed E-state index contributed by atoms with van der Waals surface area (Å²) in [6.07, 6.45) is 2.77. The fraction of sp³-hybridized carbons (Fsp3) is 0.583. The minimum absolute atomic E-state index is 0.212. The fourth-order valence-electron chi connectivity index (χ4n) is 1.74.